The summed E-state index contributed by atoms with van der Waals surface area (Å²) in [7, 11) is 1.79. The van der Waals surface area contributed by atoms with Crippen LogP contribution in [0.3, 0.4) is 0 Å². The number of carbonyl (C=O) groups excluding carboxylic acids is 1. The first-order valence-corrected chi connectivity index (χ1v) is 5.69. The van der Waals surface area contributed by atoms with E-state index in [4.69, 9.17) is 0 Å². The molecule has 0 amide bonds. The molecule has 0 aliphatic carbocycles. The van der Waals surface area contributed by atoms with Crippen LogP contribution >= 0.6 is 0 Å². The van der Waals surface area contributed by atoms with E-state index in [1.807, 2.05) is 13.0 Å². The van der Waals surface area contributed by atoms with Crippen molar-refractivity contribution in [3.05, 3.63) is 34.5 Å². The van der Waals surface area contributed by atoms with Crippen LogP contribution in [-0.4, -0.2) is 21.4 Å². The smallest absolute Gasteiger partial charge is 0.338 e. The number of carboxylic acids is 1. The molecule has 1 aromatic heterocycles. The van der Waals surface area contributed by atoms with E-state index < -0.39 is 5.97 Å². The first-order valence-electron chi connectivity index (χ1n) is 5.69. The van der Waals surface area contributed by atoms with Gasteiger partial charge < -0.3 is 9.67 Å². The highest BCUT2D eigenvalue weighted by molar-refractivity contribution is 6.13. The van der Waals surface area contributed by atoms with Crippen LogP contribution in [-0.2, 0) is 7.05 Å². The van der Waals surface area contributed by atoms with Crippen LogP contribution in [0.25, 0.3) is 10.9 Å². The van der Waals surface area contributed by atoms with Gasteiger partial charge in [-0.25, -0.2) is 4.79 Å². The van der Waals surface area contributed by atoms with Crippen molar-refractivity contribution in [2.24, 2.45) is 7.05 Å². The number of fused-ring (bicyclic) bond motifs is 1. The molecule has 0 unspecified atom stereocenters. The molecule has 18 heavy (non-hydrogen) atoms. The summed E-state index contributed by atoms with van der Waals surface area (Å²) in [5.74, 6) is -1.01. The number of rotatable bonds is 2. The van der Waals surface area contributed by atoms with Gasteiger partial charge in [0.1, 0.15) is 0 Å². The van der Waals surface area contributed by atoms with Gasteiger partial charge in [0.2, 0.25) is 0 Å². The maximum absolute atomic E-state index is 11.7. The topological polar surface area (TPSA) is 59.3 Å². The fourth-order valence-electron chi connectivity index (χ4n) is 2.49. The van der Waals surface area contributed by atoms with E-state index >= 15 is 0 Å². The van der Waals surface area contributed by atoms with E-state index in [9.17, 15) is 14.7 Å². The maximum Gasteiger partial charge on any atom is 0.338 e. The van der Waals surface area contributed by atoms with E-state index in [2.05, 4.69) is 0 Å². The molecular formula is C14H15NO3. The number of nitrogens with zero attached hydrogens (tertiary/aromatic N) is 1. The Morgan fingerprint density at radius 3 is 2.28 bits per heavy atom. The molecule has 4 heteroatoms. The lowest BCUT2D eigenvalue weighted by atomic mass is 10.0. The summed E-state index contributed by atoms with van der Waals surface area (Å²) in [4.78, 5) is 23.1. The zero-order chi connectivity index (χ0) is 13.6. The maximum atomic E-state index is 11.7. The summed E-state index contributed by atoms with van der Waals surface area (Å²) in [6, 6.07) is 3.57. The molecule has 1 aromatic carbocycles. The van der Waals surface area contributed by atoms with E-state index in [0.29, 0.717) is 22.0 Å². The number of carbonyl (C=O) groups is 2. The standard InChI is InChI=1S/C14H15NO3/c1-7-5-6-10-12(9(3)16)8(2)15(4)13(10)11(7)14(17)18/h5-6H,1-4H3,(H,17,18). The number of benzene rings is 1. The SMILES string of the molecule is CC(=O)c1c(C)n(C)c2c(C(=O)O)c(C)ccc12. The Bertz CT molecular complexity index is 680. The van der Waals surface area contributed by atoms with Crippen molar-refractivity contribution < 1.29 is 14.7 Å². The normalized spacial score (nSPS) is 10.9. The van der Waals surface area contributed by atoms with Crippen LogP contribution in [0.2, 0.25) is 0 Å². The van der Waals surface area contributed by atoms with Gasteiger partial charge in [-0.15, -0.1) is 0 Å². The predicted molar refractivity (Wildman–Crippen MR) is 69.4 cm³/mol. The van der Waals surface area contributed by atoms with Crippen LogP contribution in [0.5, 0.6) is 0 Å². The Labute approximate surface area is 105 Å². The minimum atomic E-state index is -0.964. The number of aromatic nitrogens is 1. The molecule has 0 spiro atoms. The molecule has 2 rings (SSSR count). The van der Waals surface area contributed by atoms with Gasteiger partial charge in [-0.1, -0.05) is 12.1 Å². The molecule has 1 heterocycles. The third kappa shape index (κ3) is 1.53. The third-order valence-corrected chi connectivity index (χ3v) is 3.42. The Morgan fingerprint density at radius 2 is 1.78 bits per heavy atom. The number of carboxylic acid groups (broad SMARTS) is 1. The van der Waals surface area contributed by atoms with E-state index in [0.717, 1.165) is 5.69 Å². The largest absolute Gasteiger partial charge is 0.478 e. The van der Waals surface area contributed by atoms with Gasteiger partial charge in [0, 0.05) is 23.7 Å². The molecule has 1 N–H and O–H groups in total. The minimum absolute atomic E-state index is 0.0432. The highest BCUT2D eigenvalue weighted by Gasteiger charge is 2.21. The summed E-state index contributed by atoms with van der Waals surface area (Å²) in [5.41, 5.74) is 2.99. The van der Waals surface area contributed by atoms with Crippen molar-refractivity contribution in [1.82, 2.24) is 4.57 Å². The fraction of sp³-hybridized carbons (Fsp3) is 0.286. The lowest BCUT2D eigenvalue weighted by Crippen LogP contribution is -2.04. The van der Waals surface area contributed by atoms with Crippen LogP contribution in [0.15, 0.2) is 12.1 Å². The number of aromatic carboxylic acids is 1. The van der Waals surface area contributed by atoms with Crippen LogP contribution in [0.1, 0.15) is 38.9 Å². The monoisotopic (exact) mass is 245 g/mol. The molecule has 94 valence electrons. The number of ketones is 1. The summed E-state index contributed by atoms with van der Waals surface area (Å²) in [6.45, 7) is 5.10. The van der Waals surface area contributed by atoms with Crippen molar-refractivity contribution in [2.45, 2.75) is 20.8 Å². The second kappa shape index (κ2) is 3.98. The van der Waals surface area contributed by atoms with Gasteiger partial charge in [0.05, 0.1) is 11.1 Å². The van der Waals surface area contributed by atoms with Crippen molar-refractivity contribution >= 4 is 22.7 Å². The zero-order valence-corrected chi connectivity index (χ0v) is 10.9. The molecule has 0 bridgehead atoms. The molecule has 0 aliphatic rings. The predicted octanol–water partition coefficient (Wildman–Crippen LogP) is 2.70. The lowest BCUT2D eigenvalue weighted by molar-refractivity contribution is 0.0697. The average molecular weight is 245 g/mol. The molecule has 0 aliphatic heterocycles. The van der Waals surface area contributed by atoms with E-state index in [1.165, 1.54) is 6.92 Å². The number of hydrogen-bond acceptors (Lipinski definition) is 2. The first-order chi connectivity index (χ1) is 8.36. The van der Waals surface area contributed by atoms with Crippen molar-refractivity contribution in [3.8, 4) is 0 Å². The fourth-order valence-corrected chi connectivity index (χ4v) is 2.49. The summed E-state index contributed by atoms with van der Waals surface area (Å²) in [6.07, 6.45) is 0. The number of hydrogen-bond donors (Lipinski definition) is 1. The second-order valence-electron chi connectivity index (χ2n) is 4.53. The summed E-state index contributed by atoms with van der Waals surface area (Å²) < 4.78 is 1.78. The second-order valence-corrected chi connectivity index (χ2v) is 4.53. The highest BCUT2D eigenvalue weighted by atomic mass is 16.4. The summed E-state index contributed by atoms with van der Waals surface area (Å²) in [5, 5.41) is 10.0. The highest BCUT2D eigenvalue weighted by Crippen LogP contribution is 2.30. The quantitative estimate of drug-likeness (QED) is 0.827. The van der Waals surface area contributed by atoms with Crippen molar-refractivity contribution in [1.29, 1.82) is 0 Å². The molecule has 0 radical (unpaired) electrons. The van der Waals surface area contributed by atoms with Crippen LogP contribution in [0.4, 0.5) is 0 Å². The first kappa shape index (κ1) is 12.4. The molecule has 0 fully saturated rings. The Balaban J connectivity index is 3.05. The third-order valence-electron chi connectivity index (χ3n) is 3.42. The van der Waals surface area contributed by atoms with Gasteiger partial charge in [0.15, 0.2) is 5.78 Å². The number of aryl methyl sites for hydroxylation is 2. The van der Waals surface area contributed by atoms with Gasteiger partial charge in [-0.3, -0.25) is 4.79 Å². The molecule has 0 saturated heterocycles. The summed E-state index contributed by atoms with van der Waals surface area (Å²) >= 11 is 0. The molecule has 0 saturated carbocycles. The Hall–Kier alpha value is -2.10. The molecule has 0 atom stereocenters. The van der Waals surface area contributed by atoms with Crippen molar-refractivity contribution in [3.63, 3.8) is 0 Å². The van der Waals surface area contributed by atoms with Crippen LogP contribution in [0, 0.1) is 13.8 Å². The van der Waals surface area contributed by atoms with E-state index in [1.54, 1.807) is 24.6 Å². The van der Waals surface area contributed by atoms with Gasteiger partial charge in [0.25, 0.3) is 0 Å². The average Bonchev–Trinajstić information content (AvgIpc) is 2.52. The molecule has 4 nitrogen and oxygen atoms in total. The number of Topliss-reactive ketones (excluding diaryl/α,β-unsaturated/α-hetero) is 1. The molecule has 2 aromatic rings. The zero-order valence-electron chi connectivity index (χ0n) is 10.9. The Morgan fingerprint density at radius 1 is 1.17 bits per heavy atom. The van der Waals surface area contributed by atoms with Crippen molar-refractivity contribution in [2.75, 3.05) is 0 Å². The van der Waals surface area contributed by atoms with E-state index in [-0.39, 0.29) is 11.3 Å². The van der Waals surface area contributed by atoms with Crippen LogP contribution < -0.4 is 0 Å². The Kier molecular flexibility index (Phi) is 2.73. The van der Waals surface area contributed by atoms with Gasteiger partial charge >= 0.3 is 5.97 Å². The lowest BCUT2D eigenvalue weighted by Gasteiger charge is -2.05. The molecular weight excluding hydrogens is 230 g/mol. The van der Waals surface area contributed by atoms with Gasteiger partial charge in [-0.2, -0.15) is 0 Å². The van der Waals surface area contributed by atoms with Gasteiger partial charge in [-0.05, 0) is 26.3 Å². The minimum Gasteiger partial charge on any atom is -0.478 e.